The molecule has 0 saturated carbocycles. The Labute approximate surface area is 73.7 Å². The molecule has 0 aromatic carbocycles. The number of hydrogen-bond acceptors (Lipinski definition) is 3. The fourth-order valence-corrected chi connectivity index (χ4v) is 0.856. The minimum atomic E-state index is -0.145. The van der Waals surface area contributed by atoms with Crippen LogP contribution in [0.3, 0.4) is 0 Å². The van der Waals surface area contributed by atoms with Gasteiger partial charge in [0.05, 0.1) is 13.0 Å². The fourth-order valence-electron chi connectivity index (χ4n) is 0.856. The van der Waals surface area contributed by atoms with Gasteiger partial charge >= 0.3 is 5.97 Å². The van der Waals surface area contributed by atoms with Gasteiger partial charge in [-0.25, -0.2) is 0 Å². The second kappa shape index (κ2) is 7.82. The van der Waals surface area contributed by atoms with E-state index in [4.69, 9.17) is 5.73 Å². The third kappa shape index (κ3) is 5.04. The van der Waals surface area contributed by atoms with Crippen molar-refractivity contribution in [3.63, 3.8) is 0 Å². The number of rotatable bonds is 4. The quantitative estimate of drug-likeness (QED) is 0.658. The van der Waals surface area contributed by atoms with E-state index in [1.807, 2.05) is 6.92 Å². The van der Waals surface area contributed by atoms with Gasteiger partial charge in [0.1, 0.15) is 0 Å². The minimum Gasteiger partial charge on any atom is -0.469 e. The van der Waals surface area contributed by atoms with Crippen LogP contribution in [0.1, 0.15) is 19.8 Å². The van der Waals surface area contributed by atoms with Crippen molar-refractivity contribution < 1.29 is 9.53 Å². The molecule has 11 heavy (non-hydrogen) atoms. The lowest BCUT2D eigenvalue weighted by atomic mass is 10.0. The predicted octanol–water partition coefficient (Wildman–Crippen LogP) is 0.956. The highest BCUT2D eigenvalue weighted by Crippen LogP contribution is 2.07. The zero-order chi connectivity index (χ0) is 7.98. The molecular formula is C7H16ClNO2. The number of carbonyl (C=O) groups excluding carboxylic acids is 1. The van der Waals surface area contributed by atoms with Gasteiger partial charge in [-0.15, -0.1) is 12.4 Å². The summed E-state index contributed by atoms with van der Waals surface area (Å²) in [6.07, 6.45) is 1.53. The van der Waals surface area contributed by atoms with Crippen LogP contribution in [0.4, 0.5) is 0 Å². The molecule has 0 bridgehead atoms. The lowest BCUT2D eigenvalue weighted by molar-refractivity contribution is -0.145. The molecule has 1 unspecified atom stereocenters. The Morgan fingerprint density at radius 1 is 1.64 bits per heavy atom. The first-order valence-electron chi connectivity index (χ1n) is 3.54. The topological polar surface area (TPSA) is 52.3 Å². The van der Waals surface area contributed by atoms with E-state index in [0.29, 0.717) is 6.54 Å². The molecule has 0 spiro atoms. The Balaban J connectivity index is 0. The number of methoxy groups -OCH3 is 1. The third-order valence-electron chi connectivity index (χ3n) is 1.54. The molecule has 0 amide bonds. The lowest BCUT2D eigenvalue weighted by Gasteiger charge is -2.09. The molecular weight excluding hydrogens is 166 g/mol. The first kappa shape index (κ1) is 13.3. The van der Waals surface area contributed by atoms with Crippen LogP contribution in [0.5, 0.6) is 0 Å². The normalized spacial score (nSPS) is 11.5. The van der Waals surface area contributed by atoms with E-state index >= 15 is 0 Å². The molecule has 0 aliphatic carbocycles. The van der Waals surface area contributed by atoms with Crippen molar-refractivity contribution in [1.82, 2.24) is 0 Å². The van der Waals surface area contributed by atoms with E-state index in [9.17, 15) is 4.79 Å². The molecule has 0 fully saturated rings. The van der Waals surface area contributed by atoms with Crippen LogP contribution < -0.4 is 5.73 Å². The summed E-state index contributed by atoms with van der Waals surface area (Å²) >= 11 is 0. The molecule has 0 aromatic rings. The average molecular weight is 182 g/mol. The van der Waals surface area contributed by atoms with Crippen LogP contribution in [-0.2, 0) is 9.53 Å². The molecule has 68 valence electrons. The van der Waals surface area contributed by atoms with Gasteiger partial charge in [-0.2, -0.15) is 0 Å². The highest BCUT2D eigenvalue weighted by Gasteiger charge is 2.14. The number of ether oxygens (including phenoxy) is 1. The van der Waals surface area contributed by atoms with Crippen molar-refractivity contribution in [3.05, 3.63) is 0 Å². The van der Waals surface area contributed by atoms with Gasteiger partial charge in [0, 0.05) is 0 Å². The van der Waals surface area contributed by atoms with Gasteiger partial charge in [-0.3, -0.25) is 4.79 Å². The first-order chi connectivity index (χ1) is 4.76. The Morgan fingerprint density at radius 2 is 2.18 bits per heavy atom. The number of esters is 1. The largest absolute Gasteiger partial charge is 0.469 e. The zero-order valence-electron chi connectivity index (χ0n) is 7.00. The van der Waals surface area contributed by atoms with Crippen LogP contribution in [0, 0.1) is 5.92 Å². The Kier molecular flexibility index (Phi) is 9.47. The third-order valence-corrected chi connectivity index (χ3v) is 1.54. The molecule has 4 heteroatoms. The summed E-state index contributed by atoms with van der Waals surface area (Å²) in [7, 11) is 1.40. The van der Waals surface area contributed by atoms with E-state index < -0.39 is 0 Å². The van der Waals surface area contributed by atoms with Crippen molar-refractivity contribution in [1.29, 1.82) is 0 Å². The summed E-state index contributed by atoms with van der Waals surface area (Å²) in [6, 6.07) is 0. The molecule has 3 nitrogen and oxygen atoms in total. The first-order valence-corrected chi connectivity index (χ1v) is 3.54. The molecule has 0 aliphatic rings. The van der Waals surface area contributed by atoms with Gasteiger partial charge in [-0.1, -0.05) is 6.92 Å². The Hall–Kier alpha value is -0.280. The summed E-state index contributed by atoms with van der Waals surface area (Å²) in [5.74, 6) is -0.150. The van der Waals surface area contributed by atoms with Crippen molar-refractivity contribution in [2.75, 3.05) is 13.7 Å². The van der Waals surface area contributed by atoms with Crippen LogP contribution in [0.2, 0.25) is 0 Å². The average Bonchev–Trinajstić information content (AvgIpc) is 1.99. The highest BCUT2D eigenvalue weighted by molar-refractivity contribution is 5.85. The van der Waals surface area contributed by atoms with Crippen molar-refractivity contribution in [2.24, 2.45) is 11.7 Å². The minimum absolute atomic E-state index is 0. The summed E-state index contributed by atoms with van der Waals surface area (Å²) in [5.41, 5.74) is 5.29. The van der Waals surface area contributed by atoms with Gasteiger partial charge < -0.3 is 10.5 Å². The smallest absolute Gasteiger partial charge is 0.308 e. The van der Waals surface area contributed by atoms with Crippen LogP contribution >= 0.6 is 12.4 Å². The van der Waals surface area contributed by atoms with E-state index in [1.165, 1.54) is 7.11 Å². The zero-order valence-corrected chi connectivity index (χ0v) is 7.82. The number of nitrogens with two attached hydrogens (primary N) is 1. The Bertz CT molecular complexity index is 109. The maximum Gasteiger partial charge on any atom is 0.308 e. The standard InChI is InChI=1S/C7H15NO2.ClH/c1-3-6(4-5-8)7(9)10-2;/h6H,3-5,8H2,1-2H3;1H. The second-order valence-corrected chi connectivity index (χ2v) is 2.21. The van der Waals surface area contributed by atoms with Crippen LogP contribution in [0.25, 0.3) is 0 Å². The van der Waals surface area contributed by atoms with E-state index in [-0.39, 0.29) is 24.3 Å². The number of hydrogen-bond donors (Lipinski definition) is 1. The monoisotopic (exact) mass is 181 g/mol. The van der Waals surface area contributed by atoms with Gasteiger partial charge in [0.2, 0.25) is 0 Å². The van der Waals surface area contributed by atoms with Gasteiger partial charge in [-0.05, 0) is 19.4 Å². The molecule has 0 saturated heterocycles. The van der Waals surface area contributed by atoms with Gasteiger partial charge in [0.25, 0.3) is 0 Å². The summed E-state index contributed by atoms with van der Waals surface area (Å²) < 4.78 is 4.56. The van der Waals surface area contributed by atoms with E-state index in [0.717, 1.165) is 12.8 Å². The molecule has 0 aromatic heterocycles. The molecule has 2 N–H and O–H groups in total. The number of carbonyl (C=O) groups is 1. The molecule has 0 aliphatic heterocycles. The van der Waals surface area contributed by atoms with E-state index in [1.54, 1.807) is 0 Å². The van der Waals surface area contributed by atoms with E-state index in [2.05, 4.69) is 4.74 Å². The molecule has 0 heterocycles. The Morgan fingerprint density at radius 3 is 2.45 bits per heavy atom. The van der Waals surface area contributed by atoms with Crippen molar-refractivity contribution in [3.8, 4) is 0 Å². The van der Waals surface area contributed by atoms with Gasteiger partial charge in [0.15, 0.2) is 0 Å². The second-order valence-electron chi connectivity index (χ2n) is 2.21. The summed E-state index contributed by atoms with van der Waals surface area (Å²) in [5, 5.41) is 0. The van der Waals surface area contributed by atoms with Crippen molar-refractivity contribution in [2.45, 2.75) is 19.8 Å². The lowest BCUT2D eigenvalue weighted by Crippen LogP contribution is -2.18. The fraction of sp³-hybridized carbons (Fsp3) is 0.857. The SMILES string of the molecule is CCC(CCN)C(=O)OC.Cl. The molecule has 0 radical (unpaired) electrons. The summed E-state index contributed by atoms with van der Waals surface area (Å²) in [6.45, 7) is 2.50. The number of halogens is 1. The van der Waals surface area contributed by atoms with Crippen LogP contribution in [0.15, 0.2) is 0 Å². The predicted molar refractivity (Wildman–Crippen MR) is 46.7 cm³/mol. The maximum absolute atomic E-state index is 10.9. The molecule has 0 rings (SSSR count). The maximum atomic E-state index is 10.9. The van der Waals surface area contributed by atoms with Crippen molar-refractivity contribution >= 4 is 18.4 Å². The highest BCUT2D eigenvalue weighted by atomic mass is 35.5. The summed E-state index contributed by atoms with van der Waals surface area (Å²) in [4.78, 5) is 10.9. The molecule has 1 atom stereocenters. The van der Waals surface area contributed by atoms with Crippen LogP contribution in [-0.4, -0.2) is 19.6 Å².